The molecule has 2 fully saturated rings. The summed E-state index contributed by atoms with van der Waals surface area (Å²) < 4.78 is 11.4. The standard InChI is InChI=1S/C15H31N3OS/c1-13(2)15(18-8-6-17(3)7-9-18)12-16-14-4-10-20(19)11-5-14/h13-16H,4-12H2,1-3H3. The Balaban J connectivity index is 1.78. The highest BCUT2D eigenvalue weighted by atomic mass is 32.2. The third kappa shape index (κ3) is 4.79. The predicted octanol–water partition coefficient (Wildman–Crippen LogP) is 0.759. The van der Waals surface area contributed by atoms with Crippen molar-refractivity contribution in [3.8, 4) is 0 Å². The Kier molecular flexibility index (Phi) is 6.46. The largest absolute Gasteiger partial charge is 0.312 e. The number of rotatable bonds is 5. The van der Waals surface area contributed by atoms with Gasteiger partial charge in [-0.05, 0) is 25.8 Å². The van der Waals surface area contributed by atoms with Gasteiger partial charge in [0.2, 0.25) is 0 Å². The maximum Gasteiger partial charge on any atom is 0.0249 e. The highest BCUT2D eigenvalue weighted by Crippen LogP contribution is 2.15. The maximum absolute atomic E-state index is 11.4. The van der Waals surface area contributed by atoms with Gasteiger partial charge in [-0.3, -0.25) is 9.11 Å². The van der Waals surface area contributed by atoms with Crippen LogP contribution in [0.2, 0.25) is 0 Å². The number of piperazine rings is 1. The van der Waals surface area contributed by atoms with Crippen LogP contribution in [0, 0.1) is 5.92 Å². The number of hydrogen-bond acceptors (Lipinski definition) is 4. The summed E-state index contributed by atoms with van der Waals surface area (Å²) in [7, 11) is 1.66. The molecule has 1 N–H and O–H groups in total. The van der Waals surface area contributed by atoms with Crippen LogP contribution in [0.3, 0.4) is 0 Å². The fourth-order valence-corrected chi connectivity index (χ4v) is 4.52. The quantitative estimate of drug-likeness (QED) is 0.813. The lowest BCUT2D eigenvalue weighted by Crippen LogP contribution is -2.54. The summed E-state index contributed by atoms with van der Waals surface area (Å²) in [5, 5.41) is 3.74. The van der Waals surface area contributed by atoms with Crippen LogP contribution in [-0.4, -0.2) is 77.4 Å². The first-order valence-electron chi connectivity index (χ1n) is 8.07. The van der Waals surface area contributed by atoms with Gasteiger partial charge in [0.05, 0.1) is 0 Å². The molecule has 1 unspecified atom stereocenters. The second-order valence-electron chi connectivity index (χ2n) is 6.68. The first-order chi connectivity index (χ1) is 9.56. The molecule has 2 aliphatic rings. The van der Waals surface area contributed by atoms with Crippen LogP contribution in [0.25, 0.3) is 0 Å². The van der Waals surface area contributed by atoms with Gasteiger partial charge in [0, 0.05) is 67.1 Å². The first-order valence-corrected chi connectivity index (χ1v) is 9.56. The molecule has 2 heterocycles. The molecular weight excluding hydrogens is 270 g/mol. The van der Waals surface area contributed by atoms with E-state index in [0.29, 0.717) is 18.0 Å². The molecule has 20 heavy (non-hydrogen) atoms. The molecule has 0 bridgehead atoms. The Hall–Kier alpha value is 0.0300. The molecule has 0 amide bonds. The average Bonchev–Trinajstić information content (AvgIpc) is 2.43. The monoisotopic (exact) mass is 301 g/mol. The van der Waals surface area contributed by atoms with Crippen molar-refractivity contribution in [2.75, 3.05) is 51.3 Å². The van der Waals surface area contributed by atoms with Crippen LogP contribution in [0.1, 0.15) is 26.7 Å². The lowest BCUT2D eigenvalue weighted by Gasteiger charge is -2.40. The van der Waals surface area contributed by atoms with Gasteiger partial charge >= 0.3 is 0 Å². The predicted molar refractivity (Wildman–Crippen MR) is 86.6 cm³/mol. The normalized spacial score (nSPS) is 31.6. The van der Waals surface area contributed by atoms with E-state index in [0.717, 1.165) is 30.9 Å². The van der Waals surface area contributed by atoms with E-state index in [1.165, 1.54) is 26.2 Å². The van der Waals surface area contributed by atoms with Gasteiger partial charge in [0.25, 0.3) is 0 Å². The second kappa shape index (κ2) is 7.87. The van der Waals surface area contributed by atoms with Gasteiger partial charge in [0.1, 0.15) is 0 Å². The summed E-state index contributed by atoms with van der Waals surface area (Å²) in [6, 6.07) is 1.22. The van der Waals surface area contributed by atoms with E-state index in [1.54, 1.807) is 0 Å². The van der Waals surface area contributed by atoms with Gasteiger partial charge in [-0.2, -0.15) is 0 Å². The van der Waals surface area contributed by atoms with E-state index in [4.69, 9.17) is 0 Å². The minimum atomic E-state index is -0.548. The van der Waals surface area contributed by atoms with E-state index >= 15 is 0 Å². The Morgan fingerprint density at radius 1 is 1.15 bits per heavy atom. The minimum Gasteiger partial charge on any atom is -0.312 e. The summed E-state index contributed by atoms with van der Waals surface area (Å²) in [5.41, 5.74) is 0. The van der Waals surface area contributed by atoms with Crippen LogP contribution in [-0.2, 0) is 10.8 Å². The summed E-state index contributed by atoms with van der Waals surface area (Å²) in [6.45, 7) is 10.5. The molecule has 118 valence electrons. The highest BCUT2D eigenvalue weighted by Gasteiger charge is 2.26. The zero-order valence-electron chi connectivity index (χ0n) is 13.3. The Morgan fingerprint density at radius 3 is 2.30 bits per heavy atom. The van der Waals surface area contributed by atoms with Crippen molar-refractivity contribution in [3.05, 3.63) is 0 Å². The zero-order valence-corrected chi connectivity index (χ0v) is 14.1. The number of nitrogens with zero attached hydrogens (tertiary/aromatic N) is 2. The Labute approximate surface area is 126 Å². The van der Waals surface area contributed by atoms with E-state index in [-0.39, 0.29) is 0 Å². The van der Waals surface area contributed by atoms with Crippen molar-refractivity contribution >= 4 is 10.8 Å². The van der Waals surface area contributed by atoms with Crippen LogP contribution in [0.5, 0.6) is 0 Å². The van der Waals surface area contributed by atoms with Gasteiger partial charge in [-0.15, -0.1) is 0 Å². The van der Waals surface area contributed by atoms with E-state index < -0.39 is 10.8 Å². The molecule has 0 aromatic heterocycles. The molecule has 1 atom stereocenters. The lowest BCUT2D eigenvalue weighted by molar-refractivity contribution is 0.0858. The van der Waals surface area contributed by atoms with Gasteiger partial charge in [0.15, 0.2) is 0 Å². The smallest absolute Gasteiger partial charge is 0.0249 e. The molecular formula is C15H31N3OS. The number of hydrogen-bond donors (Lipinski definition) is 1. The van der Waals surface area contributed by atoms with Crippen molar-refractivity contribution in [3.63, 3.8) is 0 Å². The molecule has 0 aromatic carbocycles. The van der Waals surface area contributed by atoms with Crippen LogP contribution >= 0.6 is 0 Å². The van der Waals surface area contributed by atoms with E-state index in [1.807, 2.05) is 0 Å². The highest BCUT2D eigenvalue weighted by molar-refractivity contribution is 7.85. The van der Waals surface area contributed by atoms with E-state index in [9.17, 15) is 4.21 Å². The van der Waals surface area contributed by atoms with Crippen molar-refractivity contribution in [2.24, 2.45) is 5.92 Å². The lowest BCUT2D eigenvalue weighted by atomic mass is 10.0. The topological polar surface area (TPSA) is 35.6 Å². The second-order valence-corrected chi connectivity index (χ2v) is 8.38. The van der Waals surface area contributed by atoms with Crippen molar-refractivity contribution in [1.29, 1.82) is 0 Å². The summed E-state index contributed by atoms with van der Waals surface area (Å²) >= 11 is 0. The van der Waals surface area contributed by atoms with Crippen molar-refractivity contribution < 1.29 is 4.21 Å². The molecule has 2 aliphatic heterocycles. The molecule has 0 spiro atoms. The van der Waals surface area contributed by atoms with Crippen LogP contribution in [0.4, 0.5) is 0 Å². The Bertz CT molecular complexity index is 306. The Morgan fingerprint density at radius 2 is 1.75 bits per heavy atom. The molecule has 4 nitrogen and oxygen atoms in total. The summed E-state index contributed by atoms with van der Waals surface area (Å²) in [4.78, 5) is 5.07. The zero-order chi connectivity index (χ0) is 14.5. The van der Waals surface area contributed by atoms with Crippen LogP contribution in [0.15, 0.2) is 0 Å². The fraction of sp³-hybridized carbons (Fsp3) is 1.00. The molecule has 2 saturated heterocycles. The van der Waals surface area contributed by atoms with Gasteiger partial charge in [-0.1, -0.05) is 13.8 Å². The SMILES string of the molecule is CC(C)C(CNC1CCS(=O)CC1)N1CCN(C)CC1. The van der Waals surface area contributed by atoms with Crippen molar-refractivity contribution in [2.45, 2.75) is 38.8 Å². The van der Waals surface area contributed by atoms with E-state index in [2.05, 4.69) is 36.0 Å². The van der Waals surface area contributed by atoms with Gasteiger partial charge in [-0.25, -0.2) is 0 Å². The van der Waals surface area contributed by atoms with Crippen LogP contribution < -0.4 is 5.32 Å². The molecule has 0 saturated carbocycles. The summed E-state index contributed by atoms with van der Waals surface area (Å²) in [6.07, 6.45) is 2.17. The fourth-order valence-electron chi connectivity index (χ4n) is 3.23. The molecule has 0 radical (unpaired) electrons. The third-order valence-electron chi connectivity index (χ3n) is 4.78. The average molecular weight is 302 g/mol. The first kappa shape index (κ1) is 16.4. The third-order valence-corrected chi connectivity index (χ3v) is 6.16. The number of nitrogens with one attached hydrogen (secondary N) is 1. The minimum absolute atomic E-state index is 0.548. The molecule has 0 aliphatic carbocycles. The summed E-state index contributed by atoms with van der Waals surface area (Å²) in [5.74, 6) is 2.46. The van der Waals surface area contributed by atoms with Crippen molar-refractivity contribution in [1.82, 2.24) is 15.1 Å². The molecule has 2 rings (SSSR count). The molecule has 0 aromatic rings. The molecule has 5 heteroatoms. The number of likely N-dealkylation sites (N-methyl/N-ethyl adjacent to an activating group) is 1. The maximum atomic E-state index is 11.4. The van der Waals surface area contributed by atoms with Gasteiger partial charge < -0.3 is 10.2 Å².